The van der Waals surface area contributed by atoms with Gasteiger partial charge in [-0.2, -0.15) is 0 Å². The number of nitrogens with two attached hydrogens (primary N) is 2. The molecule has 3 rings (SSSR count). The van der Waals surface area contributed by atoms with Gasteiger partial charge in [-0.1, -0.05) is 0 Å². The maximum Gasteiger partial charge on any atom is 0.0862 e. The molecule has 0 radical (unpaired) electrons. The Labute approximate surface area is 90.2 Å². The zero-order valence-electron chi connectivity index (χ0n) is 7.54. The van der Waals surface area contributed by atoms with E-state index < -0.39 is 0 Å². The summed E-state index contributed by atoms with van der Waals surface area (Å²) in [5.74, 6) is 0. The van der Waals surface area contributed by atoms with Crippen molar-refractivity contribution >= 4 is 32.7 Å². The van der Waals surface area contributed by atoms with E-state index in [0.717, 1.165) is 22.8 Å². The number of rotatable bonds is 0. The van der Waals surface area contributed by atoms with Crippen LogP contribution in [-0.2, 0) is 12.8 Å². The van der Waals surface area contributed by atoms with Gasteiger partial charge in [-0.3, -0.25) is 0 Å². The van der Waals surface area contributed by atoms with Crippen molar-refractivity contribution < 1.29 is 0 Å². The third-order valence-electron chi connectivity index (χ3n) is 2.53. The highest BCUT2D eigenvalue weighted by Gasteiger charge is 2.19. The van der Waals surface area contributed by atoms with Gasteiger partial charge in [0.1, 0.15) is 0 Å². The minimum atomic E-state index is 0.929. The Morgan fingerprint density at radius 2 is 1.29 bits per heavy atom. The largest absolute Gasteiger partial charge is 0.391 e. The fraction of sp³-hybridized carbons (Fsp3) is 0.200. The quantitative estimate of drug-likeness (QED) is 0.614. The molecule has 4 N–H and O–H groups in total. The van der Waals surface area contributed by atoms with Crippen LogP contribution in [0.2, 0.25) is 0 Å². The summed E-state index contributed by atoms with van der Waals surface area (Å²) >= 11 is 3.41. The van der Waals surface area contributed by atoms with Gasteiger partial charge in [-0.05, 0) is 23.3 Å². The van der Waals surface area contributed by atoms with Crippen LogP contribution in [0.25, 0.3) is 0 Å². The maximum absolute atomic E-state index is 5.79. The molecule has 2 nitrogen and oxygen atoms in total. The average Bonchev–Trinajstić information content (AvgIpc) is 2.59. The summed E-state index contributed by atoms with van der Waals surface area (Å²) in [7, 11) is 0. The maximum atomic E-state index is 5.79. The molecule has 0 aromatic carbocycles. The van der Waals surface area contributed by atoms with E-state index in [2.05, 4.69) is 12.1 Å². The van der Waals surface area contributed by atoms with Gasteiger partial charge in [0.15, 0.2) is 0 Å². The standard InChI is InChI=1S/C10H10N2S2/c11-9-3-5-1-7-6(2-8(5)14-9)4-10(12)13-7/h3-4H,1-2,11-12H2. The first-order valence-corrected chi connectivity index (χ1v) is 6.10. The number of hydrogen-bond donors (Lipinski definition) is 2. The third-order valence-corrected chi connectivity index (χ3v) is 4.55. The van der Waals surface area contributed by atoms with Crippen molar-refractivity contribution in [2.45, 2.75) is 12.8 Å². The van der Waals surface area contributed by atoms with Crippen molar-refractivity contribution in [3.05, 3.63) is 33.0 Å². The van der Waals surface area contributed by atoms with Gasteiger partial charge in [0, 0.05) is 22.6 Å². The molecule has 1 aliphatic rings. The highest BCUT2D eigenvalue weighted by Crippen LogP contribution is 2.38. The summed E-state index contributed by atoms with van der Waals surface area (Å²) in [6, 6.07) is 4.19. The summed E-state index contributed by atoms with van der Waals surface area (Å²) in [6.07, 6.45) is 2.03. The van der Waals surface area contributed by atoms with E-state index >= 15 is 0 Å². The van der Waals surface area contributed by atoms with Gasteiger partial charge in [-0.15, -0.1) is 22.7 Å². The predicted molar refractivity (Wildman–Crippen MR) is 63.1 cm³/mol. The Morgan fingerprint density at radius 1 is 0.857 bits per heavy atom. The van der Waals surface area contributed by atoms with E-state index in [9.17, 15) is 0 Å². The van der Waals surface area contributed by atoms with Crippen molar-refractivity contribution in [2.24, 2.45) is 0 Å². The molecule has 2 heterocycles. The first kappa shape index (κ1) is 8.32. The van der Waals surface area contributed by atoms with Crippen molar-refractivity contribution in [3.8, 4) is 0 Å². The second-order valence-corrected chi connectivity index (χ2v) is 5.88. The highest BCUT2D eigenvalue weighted by molar-refractivity contribution is 7.17. The normalized spacial score (nSPS) is 13.7. The average molecular weight is 222 g/mol. The molecular formula is C10H10N2S2. The molecule has 72 valence electrons. The van der Waals surface area contributed by atoms with E-state index in [4.69, 9.17) is 11.5 Å². The van der Waals surface area contributed by atoms with Crippen LogP contribution >= 0.6 is 22.7 Å². The van der Waals surface area contributed by atoms with Gasteiger partial charge in [0.25, 0.3) is 0 Å². The number of fused-ring (bicyclic) bond motifs is 2. The molecule has 1 aliphatic carbocycles. The minimum absolute atomic E-state index is 0.929. The Kier molecular flexibility index (Phi) is 1.63. The summed E-state index contributed by atoms with van der Waals surface area (Å²) in [4.78, 5) is 2.82. The fourth-order valence-corrected chi connectivity index (χ4v) is 3.87. The van der Waals surface area contributed by atoms with E-state index in [1.54, 1.807) is 22.7 Å². The summed E-state index contributed by atoms with van der Waals surface area (Å²) in [5, 5.41) is 1.86. The topological polar surface area (TPSA) is 52.0 Å². The van der Waals surface area contributed by atoms with E-state index in [1.165, 1.54) is 20.9 Å². The summed E-state index contributed by atoms with van der Waals surface area (Å²) in [5.41, 5.74) is 14.4. The van der Waals surface area contributed by atoms with Crippen LogP contribution in [0.5, 0.6) is 0 Å². The Bertz CT molecular complexity index is 411. The molecule has 14 heavy (non-hydrogen) atoms. The first-order valence-electron chi connectivity index (χ1n) is 4.46. The zero-order valence-corrected chi connectivity index (χ0v) is 9.17. The zero-order chi connectivity index (χ0) is 9.71. The molecular weight excluding hydrogens is 212 g/mol. The molecule has 2 aromatic heterocycles. The molecule has 0 bridgehead atoms. The highest BCUT2D eigenvalue weighted by atomic mass is 32.1. The molecule has 2 aromatic rings. The lowest BCUT2D eigenvalue weighted by Crippen LogP contribution is -1.99. The molecule has 0 amide bonds. The molecule has 0 fully saturated rings. The molecule has 0 spiro atoms. The van der Waals surface area contributed by atoms with Crippen LogP contribution in [0, 0.1) is 0 Å². The summed E-state index contributed by atoms with van der Waals surface area (Å²) in [6.45, 7) is 0. The summed E-state index contributed by atoms with van der Waals surface area (Å²) < 4.78 is 0. The monoisotopic (exact) mass is 222 g/mol. The molecule has 0 atom stereocenters. The second kappa shape index (κ2) is 2.74. The van der Waals surface area contributed by atoms with E-state index in [-0.39, 0.29) is 0 Å². The first-order chi connectivity index (χ1) is 6.72. The molecule has 0 saturated heterocycles. The molecule has 0 saturated carbocycles. The van der Waals surface area contributed by atoms with E-state index in [0.29, 0.717) is 0 Å². The lowest BCUT2D eigenvalue weighted by Gasteiger charge is -2.10. The van der Waals surface area contributed by atoms with Crippen LogP contribution in [0.4, 0.5) is 10.0 Å². The Hall–Kier alpha value is -1.00. The third kappa shape index (κ3) is 1.14. The van der Waals surface area contributed by atoms with Gasteiger partial charge in [0.05, 0.1) is 10.0 Å². The smallest absolute Gasteiger partial charge is 0.0862 e. The molecule has 4 heteroatoms. The van der Waals surface area contributed by atoms with Crippen LogP contribution in [0.3, 0.4) is 0 Å². The van der Waals surface area contributed by atoms with E-state index in [1.807, 2.05) is 0 Å². The van der Waals surface area contributed by atoms with Crippen molar-refractivity contribution in [3.63, 3.8) is 0 Å². The predicted octanol–water partition coefficient (Wildman–Crippen LogP) is 2.47. The van der Waals surface area contributed by atoms with Gasteiger partial charge < -0.3 is 11.5 Å². The van der Waals surface area contributed by atoms with Crippen molar-refractivity contribution in [1.82, 2.24) is 0 Å². The lowest BCUT2D eigenvalue weighted by atomic mass is 9.98. The Morgan fingerprint density at radius 3 is 1.71 bits per heavy atom. The van der Waals surface area contributed by atoms with Crippen LogP contribution < -0.4 is 11.5 Å². The van der Waals surface area contributed by atoms with Gasteiger partial charge >= 0.3 is 0 Å². The fourth-order valence-electron chi connectivity index (χ4n) is 1.92. The molecule has 0 unspecified atom stereocenters. The SMILES string of the molecule is Nc1cc2c(s1)Cc1cc(N)sc1C2. The number of nitrogen functional groups attached to an aromatic ring is 2. The van der Waals surface area contributed by atoms with Crippen LogP contribution in [0.15, 0.2) is 12.1 Å². The Balaban J connectivity index is 2.10. The number of hydrogen-bond acceptors (Lipinski definition) is 4. The van der Waals surface area contributed by atoms with Gasteiger partial charge in [-0.25, -0.2) is 0 Å². The van der Waals surface area contributed by atoms with Gasteiger partial charge in [0.2, 0.25) is 0 Å². The number of thiophene rings is 2. The molecule has 0 aliphatic heterocycles. The minimum Gasteiger partial charge on any atom is -0.391 e. The second-order valence-electron chi connectivity index (χ2n) is 3.55. The number of anilines is 2. The van der Waals surface area contributed by atoms with Crippen molar-refractivity contribution in [2.75, 3.05) is 11.5 Å². The van der Waals surface area contributed by atoms with Crippen LogP contribution in [0.1, 0.15) is 20.9 Å². The lowest BCUT2D eigenvalue weighted by molar-refractivity contribution is 1.07. The van der Waals surface area contributed by atoms with Crippen LogP contribution in [-0.4, -0.2) is 0 Å². The van der Waals surface area contributed by atoms with Crippen molar-refractivity contribution in [1.29, 1.82) is 0 Å².